The first-order valence-corrected chi connectivity index (χ1v) is 12.3. The molecular formula is C24H28ClN3O4S. The van der Waals surface area contributed by atoms with E-state index in [2.05, 4.69) is 11.9 Å². The maximum absolute atomic E-state index is 13.0. The summed E-state index contributed by atoms with van der Waals surface area (Å²) in [5.41, 5.74) is 2.11. The molecule has 0 aliphatic carbocycles. The highest BCUT2D eigenvalue weighted by Gasteiger charge is 2.23. The second kappa shape index (κ2) is 11.3. The average Bonchev–Trinajstić information content (AvgIpc) is 3.14. The number of rotatable bonds is 10. The molecule has 0 aliphatic rings. The van der Waals surface area contributed by atoms with E-state index in [1.54, 1.807) is 48.0 Å². The number of aromatic nitrogens is 2. The number of halogens is 1. The normalized spacial score (nSPS) is 11.1. The molecule has 7 nitrogen and oxygen atoms in total. The van der Waals surface area contributed by atoms with Gasteiger partial charge in [-0.05, 0) is 50.1 Å². The third-order valence-corrected chi connectivity index (χ3v) is 6.30. The predicted molar refractivity (Wildman–Crippen MR) is 131 cm³/mol. The van der Waals surface area contributed by atoms with Crippen LogP contribution in [0.5, 0.6) is 5.75 Å². The van der Waals surface area contributed by atoms with E-state index in [9.17, 15) is 13.2 Å². The van der Waals surface area contributed by atoms with E-state index in [-0.39, 0.29) is 11.4 Å². The van der Waals surface area contributed by atoms with Crippen molar-refractivity contribution < 1.29 is 17.9 Å². The van der Waals surface area contributed by atoms with Crippen LogP contribution in [0.3, 0.4) is 0 Å². The van der Waals surface area contributed by atoms with Crippen LogP contribution in [-0.4, -0.2) is 30.5 Å². The number of amides is 1. The Bertz CT molecular complexity index is 1180. The highest BCUT2D eigenvalue weighted by molar-refractivity contribution is 7.75. The largest absolute Gasteiger partial charge is 0.494 e. The van der Waals surface area contributed by atoms with E-state index in [0.29, 0.717) is 29.7 Å². The number of hydrogen-bond donors (Lipinski definition) is 1. The zero-order valence-electron chi connectivity index (χ0n) is 19.0. The van der Waals surface area contributed by atoms with Crippen LogP contribution in [0.2, 0.25) is 5.02 Å². The standard InChI is InChI=1S/C24H28ClN3O4S/c1-4-5-6-13-32-21-12-9-19(22(25)14-21)15-27-16-23(26-18(27)3)24(29)28(33(30)31)20-10-7-17(2)8-11-20/h7-12,14,16,33H,4-6,13,15H2,1-3H3. The van der Waals surface area contributed by atoms with Crippen molar-refractivity contribution in [1.29, 1.82) is 0 Å². The van der Waals surface area contributed by atoms with Gasteiger partial charge < -0.3 is 9.30 Å². The van der Waals surface area contributed by atoms with Crippen LogP contribution in [-0.2, 0) is 17.4 Å². The summed E-state index contributed by atoms with van der Waals surface area (Å²) in [7, 11) is -3.18. The first-order chi connectivity index (χ1) is 15.8. The van der Waals surface area contributed by atoms with E-state index < -0.39 is 16.8 Å². The van der Waals surface area contributed by atoms with Gasteiger partial charge in [-0.2, -0.15) is 0 Å². The van der Waals surface area contributed by atoms with E-state index in [0.717, 1.165) is 34.7 Å². The smallest absolute Gasteiger partial charge is 0.292 e. The molecule has 2 aromatic carbocycles. The minimum Gasteiger partial charge on any atom is -0.494 e. The van der Waals surface area contributed by atoms with E-state index >= 15 is 0 Å². The van der Waals surface area contributed by atoms with Gasteiger partial charge in [0.25, 0.3) is 5.91 Å². The van der Waals surface area contributed by atoms with Crippen LogP contribution in [0.15, 0.2) is 48.7 Å². The maximum Gasteiger partial charge on any atom is 0.292 e. The summed E-state index contributed by atoms with van der Waals surface area (Å²) >= 11 is 6.46. The number of hydrogen-bond acceptors (Lipinski definition) is 5. The van der Waals surface area contributed by atoms with Gasteiger partial charge in [0.2, 0.25) is 10.9 Å². The van der Waals surface area contributed by atoms with Crippen molar-refractivity contribution in [3.05, 3.63) is 76.3 Å². The fourth-order valence-electron chi connectivity index (χ4n) is 3.32. The molecular weight excluding hydrogens is 462 g/mol. The number of anilines is 1. The molecule has 0 fully saturated rings. The van der Waals surface area contributed by atoms with Gasteiger partial charge in [0.15, 0.2) is 0 Å². The van der Waals surface area contributed by atoms with Crippen molar-refractivity contribution in [2.75, 3.05) is 10.9 Å². The highest BCUT2D eigenvalue weighted by Crippen LogP contribution is 2.25. The average molecular weight is 490 g/mol. The molecule has 1 amide bonds. The van der Waals surface area contributed by atoms with E-state index in [1.165, 1.54) is 0 Å². The lowest BCUT2D eigenvalue weighted by molar-refractivity contribution is 0.100. The fourth-order valence-corrected chi connectivity index (χ4v) is 4.13. The van der Waals surface area contributed by atoms with Crippen LogP contribution in [0.4, 0.5) is 5.69 Å². The van der Waals surface area contributed by atoms with Gasteiger partial charge in [-0.3, -0.25) is 4.79 Å². The molecule has 0 saturated carbocycles. The molecule has 9 heteroatoms. The van der Waals surface area contributed by atoms with Crippen molar-refractivity contribution in [3.63, 3.8) is 0 Å². The molecule has 0 unspecified atom stereocenters. The van der Waals surface area contributed by atoms with Gasteiger partial charge >= 0.3 is 0 Å². The lowest BCUT2D eigenvalue weighted by Crippen LogP contribution is -2.29. The summed E-state index contributed by atoms with van der Waals surface area (Å²) in [5.74, 6) is 0.573. The van der Waals surface area contributed by atoms with Gasteiger partial charge in [0, 0.05) is 11.2 Å². The van der Waals surface area contributed by atoms with Crippen molar-refractivity contribution in [2.24, 2.45) is 0 Å². The number of unbranched alkanes of at least 4 members (excludes halogenated alkanes) is 2. The van der Waals surface area contributed by atoms with Gasteiger partial charge in [-0.25, -0.2) is 17.7 Å². The fraction of sp³-hybridized carbons (Fsp3) is 0.333. The van der Waals surface area contributed by atoms with Gasteiger partial charge in [0.1, 0.15) is 17.3 Å². The number of thiol groups is 1. The lowest BCUT2D eigenvalue weighted by atomic mass is 10.2. The maximum atomic E-state index is 13.0. The number of nitrogens with zero attached hydrogens (tertiary/aromatic N) is 3. The number of carbonyl (C=O) groups is 1. The van der Waals surface area contributed by atoms with Crippen molar-refractivity contribution in [3.8, 4) is 5.75 Å². The Kier molecular flexibility index (Phi) is 8.52. The van der Waals surface area contributed by atoms with Crippen molar-refractivity contribution in [1.82, 2.24) is 9.55 Å². The second-order valence-corrected chi connectivity index (χ2v) is 9.08. The molecule has 3 aromatic rings. The molecule has 0 saturated heterocycles. The molecule has 0 bridgehead atoms. The summed E-state index contributed by atoms with van der Waals surface area (Å²) in [4.78, 5) is 17.3. The zero-order chi connectivity index (χ0) is 24.0. The number of imidazole rings is 1. The van der Waals surface area contributed by atoms with E-state index in [1.807, 2.05) is 19.1 Å². The minimum atomic E-state index is -3.18. The lowest BCUT2D eigenvalue weighted by Gasteiger charge is -2.14. The number of carbonyl (C=O) groups excluding carboxylic acids is 1. The number of benzene rings is 2. The van der Waals surface area contributed by atoms with Crippen LogP contribution >= 0.6 is 11.6 Å². The molecule has 0 spiro atoms. The molecule has 0 radical (unpaired) electrons. The van der Waals surface area contributed by atoms with Crippen LogP contribution in [0.1, 0.15) is 53.6 Å². The molecule has 1 aromatic heterocycles. The van der Waals surface area contributed by atoms with Gasteiger partial charge in [-0.15, -0.1) is 0 Å². The Balaban J connectivity index is 1.77. The van der Waals surface area contributed by atoms with E-state index in [4.69, 9.17) is 16.3 Å². The summed E-state index contributed by atoms with van der Waals surface area (Å²) in [6.45, 7) is 6.81. The third-order valence-electron chi connectivity index (χ3n) is 5.21. The number of ether oxygens (including phenoxy) is 1. The summed E-state index contributed by atoms with van der Waals surface area (Å²) in [6, 6.07) is 12.2. The number of aryl methyl sites for hydroxylation is 2. The van der Waals surface area contributed by atoms with Crippen molar-refractivity contribution >= 4 is 34.1 Å². The third kappa shape index (κ3) is 6.36. The molecule has 1 heterocycles. The molecule has 0 N–H and O–H groups in total. The van der Waals surface area contributed by atoms with Gasteiger partial charge in [-0.1, -0.05) is 55.1 Å². The summed E-state index contributed by atoms with van der Waals surface area (Å²) in [6.07, 6.45) is 4.79. The Hall–Kier alpha value is -2.84. The first-order valence-electron chi connectivity index (χ1n) is 10.8. The minimum absolute atomic E-state index is 0.0410. The van der Waals surface area contributed by atoms with Gasteiger partial charge in [0.05, 0.1) is 18.8 Å². The zero-order valence-corrected chi connectivity index (χ0v) is 20.6. The SMILES string of the molecule is CCCCCOc1ccc(Cn2cc(C(=O)N(c3ccc(C)cc3)[SH](=O)=O)nc2C)c(Cl)c1. The topological polar surface area (TPSA) is 81.5 Å². The predicted octanol–water partition coefficient (Wildman–Crippen LogP) is 4.94. The molecule has 0 atom stereocenters. The Morgan fingerprint density at radius 2 is 1.85 bits per heavy atom. The second-order valence-electron chi connectivity index (χ2n) is 7.80. The Labute approximate surface area is 201 Å². The molecule has 0 aliphatic heterocycles. The Morgan fingerprint density at radius 3 is 2.48 bits per heavy atom. The van der Waals surface area contributed by atoms with Crippen LogP contribution in [0, 0.1) is 13.8 Å². The first kappa shape index (κ1) is 24.8. The quantitative estimate of drug-likeness (QED) is 0.322. The van der Waals surface area contributed by atoms with Crippen LogP contribution < -0.4 is 9.04 Å². The van der Waals surface area contributed by atoms with Crippen LogP contribution in [0.25, 0.3) is 0 Å². The Morgan fingerprint density at radius 1 is 1.12 bits per heavy atom. The summed E-state index contributed by atoms with van der Waals surface area (Å²) in [5, 5.41) is 0.549. The molecule has 33 heavy (non-hydrogen) atoms. The monoisotopic (exact) mass is 489 g/mol. The van der Waals surface area contributed by atoms with Crippen molar-refractivity contribution in [2.45, 2.75) is 46.6 Å². The molecule has 3 rings (SSSR count). The highest BCUT2D eigenvalue weighted by atomic mass is 35.5. The molecule has 176 valence electrons. The summed E-state index contributed by atoms with van der Waals surface area (Å²) < 4.78 is 31.9.